The fraction of sp³-hybridized carbons (Fsp3) is 0.500. The van der Waals surface area contributed by atoms with Crippen molar-refractivity contribution in [3.8, 4) is 0 Å². The molecule has 21 heavy (non-hydrogen) atoms. The second kappa shape index (κ2) is 5.48. The summed E-state index contributed by atoms with van der Waals surface area (Å²) >= 11 is 0. The standard InChI is InChI=1S/C16H19NO4/c1-9(18)13-12(20)7-16(3,21)15(10(2)19)14(13)11-5-4-6-17-8-11/h4-6,8,13-15,21H,7H2,1-3H3/t13-,14+,15+,16-/m0/s1. The predicted molar refractivity (Wildman–Crippen MR) is 75.6 cm³/mol. The molecule has 1 aromatic heterocycles. The number of hydrogen-bond acceptors (Lipinski definition) is 5. The maximum atomic E-state index is 12.3. The summed E-state index contributed by atoms with van der Waals surface area (Å²) in [6.07, 6.45) is 2.95. The summed E-state index contributed by atoms with van der Waals surface area (Å²) in [5.41, 5.74) is -0.818. The Kier molecular flexibility index (Phi) is 4.05. The van der Waals surface area contributed by atoms with Crippen LogP contribution in [0.5, 0.6) is 0 Å². The average Bonchev–Trinajstić information content (AvgIpc) is 2.36. The van der Waals surface area contributed by atoms with Gasteiger partial charge < -0.3 is 5.11 Å². The molecule has 1 fully saturated rings. The van der Waals surface area contributed by atoms with E-state index < -0.39 is 23.4 Å². The minimum absolute atomic E-state index is 0.182. The molecule has 112 valence electrons. The minimum Gasteiger partial charge on any atom is -0.389 e. The molecule has 1 heterocycles. The number of pyridine rings is 1. The van der Waals surface area contributed by atoms with E-state index in [9.17, 15) is 19.5 Å². The minimum atomic E-state index is -1.45. The highest BCUT2D eigenvalue weighted by atomic mass is 16.3. The number of hydrogen-bond donors (Lipinski definition) is 1. The number of ketones is 3. The molecule has 0 aromatic carbocycles. The average molecular weight is 289 g/mol. The van der Waals surface area contributed by atoms with Crippen LogP contribution >= 0.6 is 0 Å². The van der Waals surface area contributed by atoms with Gasteiger partial charge >= 0.3 is 0 Å². The quantitative estimate of drug-likeness (QED) is 0.848. The number of rotatable bonds is 3. The molecule has 4 atom stereocenters. The van der Waals surface area contributed by atoms with Gasteiger partial charge in [0.25, 0.3) is 0 Å². The van der Waals surface area contributed by atoms with Crippen molar-refractivity contribution in [2.75, 3.05) is 0 Å². The smallest absolute Gasteiger partial charge is 0.146 e. The van der Waals surface area contributed by atoms with E-state index in [1.807, 2.05) is 0 Å². The lowest BCUT2D eigenvalue weighted by molar-refractivity contribution is -0.151. The summed E-state index contributed by atoms with van der Waals surface area (Å²) in [4.78, 5) is 40.3. The van der Waals surface area contributed by atoms with Crippen molar-refractivity contribution in [1.29, 1.82) is 0 Å². The number of carbonyl (C=O) groups is 3. The van der Waals surface area contributed by atoms with Crippen molar-refractivity contribution in [2.45, 2.75) is 38.7 Å². The second-order valence-electron chi connectivity index (χ2n) is 5.99. The van der Waals surface area contributed by atoms with Gasteiger partial charge in [-0.25, -0.2) is 0 Å². The first-order chi connectivity index (χ1) is 9.75. The molecular weight excluding hydrogens is 270 g/mol. The van der Waals surface area contributed by atoms with E-state index in [1.165, 1.54) is 20.8 Å². The molecule has 1 saturated carbocycles. The number of aliphatic hydroxyl groups is 1. The fourth-order valence-electron chi connectivity index (χ4n) is 3.48. The van der Waals surface area contributed by atoms with E-state index >= 15 is 0 Å². The molecule has 0 spiro atoms. The summed E-state index contributed by atoms with van der Waals surface area (Å²) in [5, 5.41) is 10.5. The van der Waals surface area contributed by atoms with Crippen LogP contribution in [0.25, 0.3) is 0 Å². The molecule has 0 unspecified atom stereocenters. The van der Waals surface area contributed by atoms with Gasteiger partial charge in [-0.2, -0.15) is 0 Å². The van der Waals surface area contributed by atoms with Gasteiger partial charge in [0.05, 0.1) is 17.4 Å². The fourth-order valence-corrected chi connectivity index (χ4v) is 3.48. The van der Waals surface area contributed by atoms with Gasteiger partial charge in [0, 0.05) is 24.7 Å². The number of aromatic nitrogens is 1. The molecule has 5 heteroatoms. The Balaban J connectivity index is 2.61. The third-order valence-corrected chi connectivity index (χ3v) is 4.21. The molecule has 1 aliphatic rings. The van der Waals surface area contributed by atoms with Crippen molar-refractivity contribution in [3.63, 3.8) is 0 Å². The monoisotopic (exact) mass is 289 g/mol. The highest BCUT2D eigenvalue weighted by molar-refractivity contribution is 6.05. The molecule has 0 aliphatic heterocycles. The summed E-state index contributed by atoms with van der Waals surface area (Å²) in [5.74, 6) is -3.19. The maximum absolute atomic E-state index is 12.3. The SMILES string of the molecule is CC(=O)[C@H]1C(=O)C[C@](C)(O)[C@H](C(C)=O)[C@@H]1c1cccnc1. The molecule has 1 aliphatic carbocycles. The largest absolute Gasteiger partial charge is 0.389 e. The second-order valence-corrected chi connectivity index (χ2v) is 5.99. The zero-order valence-corrected chi connectivity index (χ0v) is 12.4. The van der Waals surface area contributed by atoms with Crippen molar-refractivity contribution in [1.82, 2.24) is 4.98 Å². The van der Waals surface area contributed by atoms with E-state index in [0.717, 1.165) is 0 Å². The van der Waals surface area contributed by atoms with Gasteiger partial charge in [-0.1, -0.05) is 6.07 Å². The van der Waals surface area contributed by atoms with Gasteiger partial charge in [-0.15, -0.1) is 0 Å². The first kappa shape index (κ1) is 15.5. The molecule has 1 N–H and O–H groups in total. The number of nitrogens with zero attached hydrogens (tertiary/aromatic N) is 1. The van der Waals surface area contributed by atoms with Crippen LogP contribution in [0, 0.1) is 11.8 Å². The molecular formula is C16H19NO4. The third-order valence-electron chi connectivity index (χ3n) is 4.21. The maximum Gasteiger partial charge on any atom is 0.146 e. The van der Waals surface area contributed by atoms with Gasteiger partial charge in [-0.05, 0) is 32.4 Å². The summed E-state index contributed by atoms with van der Waals surface area (Å²) in [7, 11) is 0. The van der Waals surface area contributed by atoms with Crippen molar-refractivity contribution in [3.05, 3.63) is 30.1 Å². The van der Waals surface area contributed by atoms with E-state index in [0.29, 0.717) is 5.56 Å². The molecule has 1 aromatic rings. The molecule has 2 rings (SSSR count). The molecule has 0 saturated heterocycles. The lowest BCUT2D eigenvalue weighted by Gasteiger charge is -2.44. The number of carbonyl (C=O) groups excluding carboxylic acids is 3. The molecule has 5 nitrogen and oxygen atoms in total. The highest BCUT2D eigenvalue weighted by Gasteiger charge is 2.53. The Morgan fingerprint density at radius 2 is 2.00 bits per heavy atom. The van der Waals surface area contributed by atoms with Gasteiger partial charge in [0.15, 0.2) is 0 Å². The Bertz CT molecular complexity index is 579. The molecule has 0 radical (unpaired) electrons. The summed E-state index contributed by atoms with van der Waals surface area (Å²) < 4.78 is 0. The van der Waals surface area contributed by atoms with Crippen LogP contribution in [-0.4, -0.2) is 33.0 Å². The zero-order chi connectivity index (χ0) is 15.8. The molecule has 0 bridgehead atoms. The Hall–Kier alpha value is -1.88. The van der Waals surface area contributed by atoms with Crippen LogP contribution in [0.1, 0.15) is 38.7 Å². The van der Waals surface area contributed by atoms with Crippen LogP contribution in [0.15, 0.2) is 24.5 Å². The highest BCUT2D eigenvalue weighted by Crippen LogP contribution is 2.46. The van der Waals surface area contributed by atoms with Crippen molar-refractivity contribution < 1.29 is 19.5 Å². The Morgan fingerprint density at radius 3 is 2.48 bits per heavy atom. The van der Waals surface area contributed by atoms with E-state index in [2.05, 4.69) is 4.98 Å². The predicted octanol–water partition coefficient (Wildman–Crippen LogP) is 1.30. The zero-order valence-electron chi connectivity index (χ0n) is 12.4. The first-order valence-corrected chi connectivity index (χ1v) is 6.91. The normalized spacial score (nSPS) is 32.8. The van der Waals surface area contributed by atoms with Crippen molar-refractivity contribution >= 4 is 17.3 Å². The lowest BCUT2D eigenvalue weighted by Crippen LogP contribution is -2.53. The third kappa shape index (κ3) is 2.78. The van der Waals surface area contributed by atoms with E-state index in [4.69, 9.17) is 0 Å². The van der Waals surface area contributed by atoms with Crippen LogP contribution < -0.4 is 0 Å². The van der Waals surface area contributed by atoms with E-state index in [-0.39, 0.29) is 23.8 Å². The van der Waals surface area contributed by atoms with Gasteiger partial charge in [0.2, 0.25) is 0 Å². The van der Waals surface area contributed by atoms with Crippen LogP contribution in [-0.2, 0) is 14.4 Å². The van der Waals surface area contributed by atoms with Gasteiger partial charge in [0.1, 0.15) is 17.3 Å². The van der Waals surface area contributed by atoms with Crippen molar-refractivity contribution in [2.24, 2.45) is 11.8 Å². The topological polar surface area (TPSA) is 84.3 Å². The van der Waals surface area contributed by atoms with Crippen LogP contribution in [0.3, 0.4) is 0 Å². The lowest BCUT2D eigenvalue weighted by atomic mass is 9.60. The van der Waals surface area contributed by atoms with Gasteiger partial charge in [-0.3, -0.25) is 19.4 Å². The van der Waals surface area contributed by atoms with E-state index in [1.54, 1.807) is 24.5 Å². The molecule has 0 amide bonds. The Labute approximate surface area is 123 Å². The Morgan fingerprint density at radius 1 is 1.33 bits per heavy atom. The number of Topliss-reactive ketones (excluding diaryl/α,β-unsaturated/α-hetero) is 3. The van der Waals surface area contributed by atoms with Crippen LogP contribution in [0.2, 0.25) is 0 Å². The summed E-state index contributed by atoms with van der Waals surface area (Å²) in [6.45, 7) is 4.22. The van der Waals surface area contributed by atoms with Crippen LogP contribution in [0.4, 0.5) is 0 Å². The summed E-state index contributed by atoms with van der Waals surface area (Å²) in [6, 6.07) is 3.43. The first-order valence-electron chi connectivity index (χ1n) is 6.91.